The third-order valence-electron chi connectivity index (χ3n) is 2.88. The van der Waals surface area contributed by atoms with Gasteiger partial charge in [0.25, 0.3) is 5.91 Å². The molecule has 2 rings (SSSR count). The van der Waals surface area contributed by atoms with Crippen LogP contribution in [0.25, 0.3) is 0 Å². The summed E-state index contributed by atoms with van der Waals surface area (Å²) in [7, 11) is 1.73. The van der Waals surface area contributed by atoms with Gasteiger partial charge in [-0.25, -0.2) is 4.39 Å². The van der Waals surface area contributed by atoms with E-state index in [0.29, 0.717) is 12.3 Å². The number of likely N-dealkylation sites (N-methyl/N-ethyl adjacent to an activating group) is 1. The van der Waals surface area contributed by atoms with Crippen LogP contribution in [0.5, 0.6) is 5.75 Å². The van der Waals surface area contributed by atoms with Gasteiger partial charge < -0.3 is 9.64 Å². The zero-order valence-corrected chi connectivity index (χ0v) is 10.1. The molecule has 0 saturated heterocycles. The van der Waals surface area contributed by atoms with E-state index < -0.39 is 5.82 Å². The lowest BCUT2D eigenvalue weighted by atomic mass is 10.2. The first-order valence-electron chi connectivity index (χ1n) is 5.74. The second-order valence-corrected chi connectivity index (χ2v) is 4.36. The normalized spacial score (nSPS) is 14.1. The fraction of sp³-hybridized carbons (Fsp3) is 0.385. The molecule has 1 aliphatic rings. The Hall–Kier alpha value is -1.91. The van der Waals surface area contributed by atoms with Crippen molar-refractivity contribution < 1.29 is 18.7 Å². The van der Waals surface area contributed by atoms with Crippen molar-refractivity contribution in [2.45, 2.75) is 18.9 Å². The Bertz CT molecular complexity index is 471. The second kappa shape index (κ2) is 5.16. The Morgan fingerprint density at radius 1 is 1.50 bits per heavy atom. The zero-order chi connectivity index (χ0) is 13.1. The van der Waals surface area contributed by atoms with Crippen LogP contribution < -0.4 is 4.74 Å². The molecular weight excluding hydrogens is 237 g/mol. The standard InChI is InChI=1S/C13H14FNO3/c1-15(11-2-3-11)13(17)8-18-12-5-9(7-16)4-10(14)6-12/h4-7,11H,2-3,8H2,1H3. The quantitative estimate of drug-likeness (QED) is 0.747. The predicted molar refractivity (Wildman–Crippen MR) is 63.1 cm³/mol. The lowest BCUT2D eigenvalue weighted by molar-refractivity contribution is -0.132. The highest BCUT2D eigenvalue weighted by molar-refractivity contribution is 5.78. The average Bonchev–Trinajstić information content (AvgIpc) is 3.18. The summed E-state index contributed by atoms with van der Waals surface area (Å²) in [4.78, 5) is 23.9. The molecule has 0 unspecified atom stereocenters. The second-order valence-electron chi connectivity index (χ2n) is 4.36. The SMILES string of the molecule is CN(C(=O)COc1cc(F)cc(C=O)c1)C1CC1. The summed E-state index contributed by atoms with van der Waals surface area (Å²) in [5, 5.41) is 0. The van der Waals surface area contributed by atoms with Gasteiger partial charge in [0.05, 0.1) is 0 Å². The highest BCUT2D eigenvalue weighted by Crippen LogP contribution is 2.25. The maximum absolute atomic E-state index is 13.1. The number of rotatable bonds is 5. The maximum atomic E-state index is 13.1. The summed E-state index contributed by atoms with van der Waals surface area (Å²) in [5.41, 5.74) is 0.188. The van der Waals surface area contributed by atoms with Crippen LogP contribution in [0.3, 0.4) is 0 Å². The molecule has 18 heavy (non-hydrogen) atoms. The number of nitrogens with zero attached hydrogens (tertiary/aromatic N) is 1. The van der Waals surface area contributed by atoms with E-state index in [4.69, 9.17) is 4.74 Å². The number of carbonyl (C=O) groups excluding carboxylic acids is 2. The predicted octanol–water partition coefficient (Wildman–Crippen LogP) is 1.64. The van der Waals surface area contributed by atoms with Gasteiger partial charge >= 0.3 is 0 Å². The van der Waals surface area contributed by atoms with E-state index in [0.717, 1.165) is 25.0 Å². The molecule has 0 atom stereocenters. The van der Waals surface area contributed by atoms with Crippen molar-refractivity contribution >= 4 is 12.2 Å². The maximum Gasteiger partial charge on any atom is 0.260 e. The number of aldehydes is 1. The van der Waals surface area contributed by atoms with Gasteiger partial charge in [-0.1, -0.05) is 0 Å². The Labute approximate surface area is 104 Å². The minimum atomic E-state index is -0.558. The van der Waals surface area contributed by atoms with Gasteiger partial charge in [0.2, 0.25) is 0 Å². The van der Waals surface area contributed by atoms with Crippen molar-refractivity contribution in [2.24, 2.45) is 0 Å². The summed E-state index contributed by atoms with van der Waals surface area (Å²) < 4.78 is 18.3. The smallest absolute Gasteiger partial charge is 0.260 e. The molecule has 4 nitrogen and oxygen atoms in total. The number of ether oxygens (including phenoxy) is 1. The van der Waals surface area contributed by atoms with E-state index in [1.54, 1.807) is 11.9 Å². The molecule has 1 aliphatic carbocycles. The number of amides is 1. The molecule has 1 fully saturated rings. The molecule has 0 spiro atoms. The number of benzene rings is 1. The van der Waals surface area contributed by atoms with Gasteiger partial charge in [0.1, 0.15) is 17.9 Å². The average molecular weight is 251 g/mol. The first-order valence-corrected chi connectivity index (χ1v) is 5.74. The molecule has 1 aromatic rings. The largest absolute Gasteiger partial charge is 0.484 e. The summed E-state index contributed by atoms with van der Waals surface area (Å²) >= 11 is 0. The molecule has 1 aromatic carbocycles. The van der Waals surface area contributed by atoms with Gasteiger partial charge in [-0.15, -0.1) is 0 Å². The number of halogens is 1. The summed E-state index contributed by atoms with van der Waals surface area (Å²) in [6.07, 6.45) is 2.59. The molecule has 5 heteroatoms. The van der Waals surface area contributed by atoms with Crippen LogP contribution >= 0.6 is 0 Å². The van der Waals surface area contributed by atoms with Crippen LogP contribution in [0.15, 0.2) is 18.2 Å². The molecule has 96 valence electrons. The highest BCUT2D eigenvalue weighted by atomic mass is 19.1. The Morgan fingerprint density at radius 3 is 2.83 bits per heavy atom. The Morgan fingerprint density at radius 2 is 2.22 bits per heavy atom. The van der Waals surface area contributed by atoms with Gasteiger partial charge in [-0.05, 0) is 25.0 Å². The molecule has 1 amide bonds. The first-order chi connectivity index (χ1) is 8.60. The van der Waals surface area contributed by atoms with E-state index in [1.165, 1.54) is 6.07 Å². The fourth-order valence-corrected chi connectivity index (χ4v) is 1.65. The fourth-order valence-electron chi connectivity index (χ4n) is 1.65. The Balaban J connectivity index is 1.94. The molecular formula is C13H14FNO3. The lowest BCUT2D eigenvalue weighted by Crippen LogP contribution is -2.33. The minimum Gasteiger partial charge on any atom is -0.484 e. The van der Waals surface area contributed by atoms with Crippen LogP contribution in [0.1, 0.15) is 23.2 Å². The van der Waals surface area contributed by atoms with Crippen molar-refractivity contribution in [3.8, 4) is 5.75 Å². The van der Waals surface area contributed by atoms with Crippen molar-refractivity contribution in [1.82, 2.24) is 4.90 Å². The highest BCUT2D eigenvalue weighted by Gasteiger charge is 2.29. The number of hydrogen-bond donors (Lipinski definition) is 0. The van der Waals surface area contributed by atoms with Crippen LogP contribution in [0.4, 0.5) is 4.39 Å². The molecule has 0 heterocycles. The Kier molecular flexibility index (Phi) is 3.60. The third-order valence-corrected chi connectivity index (χ3v) is 2.88. The van der Waals surface area contributed by atoms with Gasteiger partial charge in [0, 0.05) is 24.7 Å². The van der Waals surface area contributed by atoms with Gasteiger partial charge in [-0.3, -0.25) is 9.59 Å². The van der Waals surface area contributed by atoms with E-state index in [9.17, 15) is 14.0 Å². The summed E-state index contributed by atoms with van der Waals surface area (Å²) in [5.74, 6) is -0.512. The minimum absolute atomic E-state index is 0.144. The molecule has 0 bridgehead atoms. The van der Waals surface area contributed by atoms with Crippen LogP contribution in [-0.2, 0) is 4.79 Å². The summed E-state index contributed by atoms with van der Waals surface area (Å²) in [6.45, 7) is -0.144. The van der Waals surface area contributed by atoms with Crippen molar-refractivity contribution in [3.63, 3.8) is 0 Å². The van der Waals surface area contributed by atoms with E-state index in [2.05, 4.69) is 0 Å². The molecule has 0 radical (unpaired) electrons. The van der Waals surface area contributed by atoms with Crippen LogP contribution in [0, 0.1) is 5.82 Å². The van der Waals surface area contributed by atoms with Crippen LogP contribution in [0.2, 0.25) is 0 Å². The summed E-state index contributed by atoms with van der Waals surface area (Å²) in [6, 6.07) is 3.98. The molecule has 0 aromatic heterocycles. The number of carbonyl (C=O) groups is 2. The molecule has 0 N–H and O–H groups in total. The van der Waals surface area contributed by atoms with E-state index in [-0.39, 0.29) is 23.8 Å². The van der Waals surface area contributed by atoms with Gasteiger partial charge in [-0.2, -0.15) is 0 Å². The van der Waals surface area contributed by atoms with Gasteiger partial charge in [0.15, 0.2) is 6.61 Å². The lowest BCUT2D eigenvalue weighted by Gasteiger charge is -2.16. The van der Waals surface area contributed by atoms with Crippen molar-refractivity contribution in [2.75, 3.05) is 13.7 Å². The van der Waals surface area contributed by atoms with E-state index in [1.807, 2.05) is 0 Å². The number of hydrogen-bond acceptors (Lipinski definition) is 3. The third kappa shape index (κ3) is 3.06. The monoisotopic (exact) mass is 251 g/mol. The van der Waals surface area contributed by atoms with Crippen molar-refractivity contribution in [3.05, 3.63) is 29.6 Å². The van der Waals surface area contributed by atoms with Crippen molar-refractivity contribution in [1.29, 1.82) is 0 Å². The zero-order valence-electron chi connectivity index (χ0n) is 10.1. The molecule has 0 aliphatic heterocycles. The van der Waals surface area contributed by atoms with E-state index >= 15 is 0 Å². The van der Waals surface area contributed by atoms with Crippen LogP contribution in [-0.4, -0.2) is 36.8 Å². The first kappa shape index (κ1) is 12.5. The topological polar surface area (TPSA) is 46.6 Å². The molecule has 1 saturated carbocycles.